The number of tetrazole rings is 1. The van der Waals surface area contributed by atoms with Gasteiger partial charge in [-0.2, -0.15) is 4.68 Å². The Hall–Kier alpha value is -3.00. The first-order valence-corrected chi connectivity index (χ1v) is 9.67. The zero-order chi connectivity index (χ0) is 20.3. The first-order chi connectivity index (χ1) is 13.3. The quantitative estimate of drug-likeness (QED) is 0.507. The lowest BCUT2D eigenvalue weighted by Gasteiger charge is -2.12. The Balaban J connectivity index is 1.73. The van der Waals surface area contributed by atoms with Gasteiger partial charge < -0.3 is 5.32 Å². The summed E-state index contributed by atoms with van der Waals surface area (Å²) in [5.41, 5.74) is 4.31. The minimum atomic E-state index is -0.433. The number of Topliss-reactive ketones (excluding diaryl/α,β-unsaturated/α-hetero) is 1. The van der Waals surface area contributed by atoms with Crippen molar-refractivity contribution in [2.75, 3.05) is 5.32 Å². The van der Waals surface area contributed by atoms with Gasteiger partial charge in [-0.1, -0.05) is 30.0 Å². The SMILES string of the molecule is CC(=O)c1cccc(NC(=O)C(C)Sc2nnnn2-c2ccc(C)c(C)c2)c1. The summed E-state index contributed by atoms with van der Waals surface area (Å²) in [6, 6.07) is 12.8. The molecule has 1 N–H and O–H groups in total. The fraction of sp³-hybridized carbons (Fsp3) is 0.250. The molecule has 0 radical (unpaired) electrons. The highest BCUT2D eigenvalue weighted by molar-refractivity contribution is 8.00. The number of nitrogens with one attached hydrogen (secondary N) is 1. The fourth-order valence-electron chi connectivity index (χ4n) is 2.54. The first-order valence-electron chi connectivity index (χ1n) is 8.79. The van der Waals surface area contributed by atoms with E-state index in [0.717, 1.165) is 11.3 Å². The monoisotopic (exact) mass is 395 g/mol. The summed E-state index contributed by atoms with van der Waals surface area (Å²) in [5, 5.41) is 14.8. The third-order valence-corrected chi connectivity index (χ3v) is 5.40. The van der Waals surface area contributed by atoms with Crippen molar-refractivity contribution in [1.82, 2.24) is 20.2 Å². The number of rotatable bonds is 6. The summed E-state index contributed by atoms with van der Waals surface area (Å²) in [6.45, 7) is 7.35. The smallest absolute Gasteiger partial charge is 0.237 e. The van der Waals surface area contributed by atoms with Crippen molar-refractivity contribution in [3.8, 4) is 5.69 Å². The molecular formula is C20H21N5O2S. The molecule has 0 spiro atoms. The van der Waals surface area contributed by atoms with Crippen molar-refractivity contribution in [2.24, 2.45) is 0 Å². The molecule has 0 aliphatic carbocycles. The normalized spacial score (nSPS) is 11.9. The molecule has 0 aliphatic heterocycles. The highest BCUT2D eigenvalue weighted by Gasteiger charge is 2.20. The minimum absolute atomic E-state index is 0.0499. The molecule has 3 aromatic rings. The second kappa shape index (κ2) is 8.35. The molecule has 1 amide bonds. The van der Waals surface area contributed by atoms with Crippen molar-refractivity contribution in [2.45, 2.75) is 38.1 Å². The summed E-state index contributed by atoms with van der Waals surface area (Å²) >= 11 is 1.27. The van der Waals surface area contributed by atoms with Crippen LogP contribution in [0.3, 0.4) is 0 Å². The number of aryl methyl sites for hydroxylation is 2. The zero-order valence-electron chi connectivity index (χ0n) is 16.1. The lowest BCUT2D eigenvalue weighted by atomic mass is 10.1. The number of carbonyl (C=O) groups excluding carboxylic acids is 2. The van der Waals surface area contributed by atoms with Gasteiger partial charge in [-0.3, -0.25) is 9.59 Å². The standard InChI is InChI=1S/C20H21N5O2S/c1-12-8-9-18(10-13(12)2)25-20(22-23-24-25)28-15(4)19(27)21-17-7-5-6-16(11-17)14(3)26/h5-11,15H,1-4H3,(H,21,27). The highest BCUT2D eigenvalue weighted by atomic mass is 32.2. The number of hydrogen-bond acceptors (Lipinski definition) is 6. The number of amides is 1. The van der Waals surface area contributed by atoms with Crippen LogP contribution in [0.1, 0.15) is 35.3 Å². The Kier molecular flexibility index (Phi) is 5.89. The van der Waals surface area contributed by atoms with E-state index in [1.54, 1.807) is 35.9 Å². The van der Waals surface area contributed by atoms with Crippen molar-refractivity contribution >= 4 is 29.1 Å². The third-order valence-electron chi connectivity index (χ3n) is 4.36. The summed E-state index contributed by atoms with van der Waals surface area (Å²) in [4.78, 5) is 24.1. The predicted octanol–water partition coefficient (Wildman–Crippen LogP) is 3.60. The molecule has 0 bridgehead atoms. The molecule has 1 aromatic heterocycles. The maximum Gasteiger partial charge on any atom is 0.237 e. The molecule has 8 heteroatoms. The van der Waals surface area contributed by atoms with Crippen LogP contribution >= 0.6 is 11.8 Å². The third kappa shape index (κ3) is 4.45. The van der Waals surface area contributed by atoms with Gasteiger partial charge in [0.25, 0.3) is 0 Å². The molecule has 3 rings (SSSR count). The number of thioether (sulfide) groups is 1. The van der Waals surface area contributed by atoms with Crippen molar-refractivity contribution < 1.29 is 9.59 Å². The van der Waals surface area contributed by atoms with E-state index in [1.807, 2.05) is 32.0 Å². The van der Waals surface area contributed by atoms with E-state index < -0.39 is 5.25 Å². The molecule has 2 aromatic carbocycles. The highest BCUT2D eigenvalue weighted by Crippen LogP contribution is 2.25. The molecule has 7 nitrogen and oxygen atoms in total. The van der Waals surface area contributed by atoms with E-state index in [-0.39, 0.29) is 11.7 Å². The maximum absolute atomic E-state index is 12.6. The Labute approximate surface area is 167 Å². The molecule has 28 heavy (non-hydrogen) atoms. The Bertz CT molecular complexity index is 1030. The van der Waals surface area contributed by atoms with Crippen LogP contribution in [0.2, 0.25) is 0 Å². The Morgan fingerprint density at radius 1 is 1.11 bits per heavy atom. The second-order valence-corrected chi connectivity index (χ2v) is 7.84. The van der Waals surface area contributed by atoms with Gasteiger partial charge in [-0.05, 0) is 73.5 Å². The lowest BCUT2D eigenvalue weighted by molar-refractivity contribution is -0.115. The van der Waals surface area contributed by atoms with E-state index in [1.165, 1.54) is 24.2 Å². The molecule has 0 fully saturated rings. The molecule has 0 saturated carbocycles. The molecular weight excluding hydrogens is 374 g/mol. The van der Waals surface area contributed by atoms with E-state index in [4.69, 9.17) is 0 Å². The fourth-order valence-corrected chi connectivity index (χ4v) is 3.35. The van der Waals surface area contributed by atoms with Gasteiger partial charge >= 0.3 is 0 Å². The van der Waals surface area contributed by atoms with Crippen LogP contribution in [0.25, 0.3) is 5.69 Å². The average molecular weight is 395 g/mol. The second-order valence-electron chi connectivity index (χ2n) is 6.53. The minimum Gasteiger partial charge on any atom is -0.325 e. The number of aromatic nitrogens is 4. The summed E-state index contributed by atoms with van der Waals surface area (Å²) < 4.78 is 1.62. The summed E-state index contributed by atoms with van der Waals surface area (Å²) in [6.07, 6.45) is 0. The van der Waals surface area contributed by atoms with Crippen molar-refractivity contribution in [1.29, 1.82) is 0 Å². The summed E-state index contributed by atoms with van der Waals surface area (Å²) in [7, 11) is 0. The number of benzene rings is 2. The topological polar surface area (TPSA) is 89.8 Å². The Morgan fingerprint density at radius 2 is 1.89 bits per heavy atom. The number of anilines is 1. The van der Waals surface area contributed by atoms with Gasteiger partial charge in [-0.25, -0.2) is 0 Å². The largest absolute Gasteiger partial charge is 0.325 e. The van der Waals surface area contributed by atoms with Gasteiger partial charge in [0.2, 0.25) is 11.1 Å². The van der Waals surface area contributed by atoms with Crippen molar-refractivity contribution in [3.63, 3.8) is 0 Å². The molecule has 1 atom stereocenters. The lowest BCUT2D eigenvalue weighted by Crippen LogP contribution is -2.23. The van der Waals surface area contributed by atoms with Gasteiger partial charge in [0.1, 0.15) is 0 Å². The van der Waals surface area contributed by atoms with Crippen LogP contribution in [0.5, 0.6) is 0 Å². The zero-order valence-corrected chi connectivity index (χ0v) is 16.9. The van der Waals surface area contributed by atoms with Crippen LogP contribution in [-0.4, -0.2) is 37.1 Å². The van der Waals surface area contributed by atoms with Crippen LogP contribution in [0.4, 0.5) is 5.69 Å². The average Bonchev–Trinajstić information content (AvgIpc) is 3.12. The van der Waals surface area contributed by atoms with E-state index in [9.17, 15) is 9.59 Å². The molecule has 1 unspecified atom stereocenters. The van der Waals surface area contributed by atoms with Gasteiger partial charge in [0.15, 0.2) is 5.78 Å². The number of ketones is 1. The molecule has 144 valence electrons. The molecule has 0 aliphatic rings. The van der Waals surface area contributed by atoms with Gasteiger partial charge in [-0.15, -0.1) is 5.10 Å². The van der Waals surface area contributed by atoms with Gasteiger partial charge in [0, 0.05) is 11.3 Å². The summed E-state index contributed by atoms with van der Waals surface area (Å²) in [5.74, 6) is -0.244. The predicted molar refractivity (Wildman–Crippen MR) is 109 cm³/mol. The van der Waals surface area contributed by atoms with E-state index in [2.05, 4.69) is 20.8 Å². The van der Waals surface area contributed by atoms with Crippen LogP contribution in [0, 0.1) is 13.8 Å². The first kappa shape index (κ1) is 19.8. The molecule has 0 saturated heterocycles. The van der Waals surface area contributed by atoms with Crippen LogP contribution in [0.15, 0.2) is 47.6 Å². The number of carbonyl (C=O) groups is 2. The number of hydrogen-bond donors (Lipinski definition) is 1. The van der Waals surface area contributed by atoms with Crippen LogP contribution in [-0.2, 0) is 4.79 Å². The maximum atomic E-state index is 12.6. The van der Waals surface area contributed by atoms with E-state index >= 15 is 0 Å². The van der Waals surface area contributed by atoms with E-state index in [0.29, 0.717) is 16.4 Å². The van der Waals surface area contributed by atoms with Gasteiger partial charge in [0.05, 0.1) is 10.9 Å². The molecule has 1 heterocycles. The van der Waals surface area contributed by atoms with Crippen LogP contribution < -0.4 is 5.32 Å². The number of nitrogens with zero attached hydrogens (tertiary/aromatic N) is 4. The van der Waals surface area contributed by atoms with Crippen molar-refractivity contribution in [3.05, 3.63) is 59.2 Å². The Morgan fingerprint density at radius 3 is 2.61 bits per heavy atom.